The van der Waals surface area contributed by atoms with E-state index in [1.165, 1.54) is 18.9 Å². The summed E-state index contributed by atoms with van der Waals surface area (Å²) in [4.78, 5) is 51.3. The van der Waals surface area contributed by atoms with E-state index in [9.17, 15) is 78.1 Å². The molecule has 0 aromatic heterocycles. The highest BCUT2D eigenvalue weighted by molar-refractivity contribution is 7.80. The molecule has 0 aliphatic carbocycles. The van der Waals surface area contributed by atoms with E-state index < -0.39 is 183 Å². The van der Waals surface area contributed by atoms with Gasteiger partial charge in [0.05, 0.1) is 38.6 Å². The second kappa shape index (κ2) is 30.6. The van der Waals surface area contributed by atoms with E-state index in [0.717, 1.165) is 46.5 Å². The molecule has 4 amide bonds. The normalized spacial score (nSPS) is 35.4. The molecular formula is C48H76N4O25S. The lowest BCUT2D eigenvalue weighted by atomic mass is 9.93. The van der Waals surface area contributed by atoms with Gasteiger partial charge in [-0.1, -0.05) is 50.5 Å². The molecule has 4 heterocycles. The Bertz CT molecular complexity index is 2220. The van der Waals surface area contributed by atoms with Crippen molar-refractivity contribution < 1.29 is 120 Å². The van der Waals surface area contributed by atoms with Crippen molar-refractivity contribution in [3.05, 3.63) is 42.0 Å². The van der Waals surface area contributed by atoms with Crippen LogP contribution < -0.4 is 26.0 Å². The monoisotopic (exact) mass is 1140 g/mol. The van der Waals surface area contributed by atoms with E-state index in [1.54, 1.807) is 18.2 Å². The maximum atomic E-state index is 14.0. The van der Waals surface area contributed by atoms with Crippen LogP contribution in [0.1, 0.15) is 83.0 Å². The summed E-state index contributed by atoms with van der Waals surface area (Å²) in [6.07, 6.45) is -18.4. The summed E-state index contributed by atoms with van der Waals surface area (Å²) in [6.45, 7) is 1.48. The van der Waals surface area contributed by atoms with E-state index in [-0.39, 0.29) is 17.9 Å². The number of allylic oxidation sites excluding steroid dienone is 2. The fourth-order valence-electron chi connectivity index (χ4n) is 9.39. The van der Waals surface area contributed by atoms with Gasteiger partial charge >= 0.3 is 10.4 Å². The predicted molar refractivity (Wildman–Crippen MR) is 263 cm³/mol. The van der Waals surface area contributed by atoms with E-state index in [0.29, 0.717) is 6.42 Å². The first-order valence-electron chi connectivity index (χ1n) is 25.6. The van der Waals surface area contributed by atoms with Crippen molar-refractivity contribution in [2.24, 2.45) is 0 Å². The van der Waals surface area contributed by atoms with Gasteiger partial charge in [-0.05, 0) is 37.8 Å². The van der Waals surface area contributed by atoms with Crippen LogP contribution in [0.25, 0.3) is 0 Å². The van der Waals surface area contributed by atoms with Gasteiger partial charge in [-0.15, -0.1) is 0 Å². The third kappa shape index (κ3) is 17.7. The molecule has 11 unspecified atom stereocenters. The first-order valence-corrected chi connectivity index (χ1v) is 27.0. The van der Waals surface area contributed by atoms with Crippen LogP contribution in [0.2, 0.25) is 0 Å². The molecule has 4 aliphatic rings. The van der Waals surface area contributed by atoms with Gasteiger partial charge < -0.3 is 105 Å². The van der Waals surface area contributed by atoms with Crippen LogP contribution >= 0.6 is 0 Å². The fourth-order valence-corrected chi connectivity index (χ4v) is 9.70. The number of aliphatic hydroxyl groups excluding tert-OH is 9. The fraction of sp³-hybridized carbons (Fsp3) is 0.750. The molecule has 0 saturated carbocycles. The van der Waals surface area contributed by atoms with Crippen molar-refractivity contribution in [2.45, 2.75) is 195 Å². The molecule has 0 spiro atoms. The predicted octanol–water partition coefficient (Wildman–Crippen LogP) is -4.37. The molecule has 29 nitrogen and oxygen atoms in total. The highest BCUT2D eigenvalue weighted by atomic mass is 32.3. The Morgan fingerprint density at radius 1 is 0.577 bits per heavy atom. The van der Waals surface area contributed by atoms with Crippen LogP contribution in [0, 0.1) is 0 Å². The molecule has 78 heavy (non-hydrogen) atoms. The lowest BCUT2D eigenvalue weighted by molar-refractivity contribution is -0.361. The molecule has 0 bridgehead atoms. The molecule has 4 saturated heterocycles. The molecule has 4 aliphatic heterocycles. The van der Waals surface area contributed by atoms with E-state index in [4.69, 9.17) is 37.9 Å². The lowest BCUT2D eigenvalue weighted by Crippen LogP contribution is -2.71. The van der Waals surface area contributed by atoms with Crippen LogP contribution in [-0.4, -0.2) is 238 Å². The third-order valence-electron chi connectivity index (χ3n) is 13.2. The Hall–Kier alpha value is -4.13. The Labute approximate surface area is 450 Å². The number of amides is 4. The number of hydrogen-bond donors (Lipinski definition) is 14. The molecule has 4 fully saturated rings. The Balaban J connectivity index is 1.36. The van der Waals surface area contributed by atoms with Crippen LogP contribution in [0.15, 0.2) is 36.4 Å². The number of unbranched alkanes of at least 4 members (excludes halogenated alkanes) is 5. The van der Waals surface area contributed by atoms with Gasteiger partial charge in [0.25, 0.3) is 5.91 Å². The standard InChI is InChI=1S/C48H76N4O25S/c1-5-6-7-8-9-10-11-12-15-18-69-27-17-14-13-16-26(27)44(64)52-33-37(60)36(59)28(19-53)72-46(33)75-41-29(20-54)73-47(34(39(41)62)50-24(3)57)76-42-30(21-55)74-48(35(40(42)63)51-25(4)58)77-43-31(22-70-78(66,67)68)71-45(65)32(38(43)61)49-23(2)56/h10-11,13-14,16-17,28-43,45-48,53-55,59-63,65H,5-9,12,15,18-22H2,1-4H3,(H,49,56)(H,50,57)(H,51,58)(H,52,64)(H,66,67,68)/b11-10-/t28?,29?,30?,31?,32?,33?,34?,35?,36-,37-,38?,39?,40-,41-,42-,43-,45?,46+,47+,48+/m1/s1. The summed E-state index contributed by atoms with van der Waals surface area (Å²) in [6, 6.07) is -0.578. The maximum Gasteiger partial charge on any atom is 0.397 e. The smallest absolute Gasteiger partial charge is 0.397 e. The van der Waals surface area contributed by atoms with Gasteiger partial charge in [-0.2, -0.15) is 8.42 Å². The van der Waals surface area contributed by atoms with Crippen molar-refractivity contribution in [1.29, 1.82) is 0 Å². The minimum Gasteiger partial charge on any atom is -0.493 e. The van der Waals surface area contributed by atoms with Crippen molar-refractivity contribution in [2.75, 3.05) is 33.0 Å². The highest BCUT2D eigenvalue weighted by Crippen LogP contribution is 2.35. The molecule has 0 radical (unpaired) electrons. The van der Waals surface area contributed by atoms with Gasteiger partial charge in [-0.3, -0.25) is 23.7 Å². The average Bonchev–Trinajstić information content (AvgIpc) is 3.41. The van der Waals surface area contributed by atoms with Gasteiger partial charge in [-0.25, -0.2) is 4.18 Å². The molecule has 14 N–H and O–H groups in total. The molecule has 5 rings (SSSR count). The van der Waals surface area contributed by atoms with E-state index in [2.05, 4.69) is 44.5 Å². The number of para-hydroxylation sites is 1. The van der Waals surface area contributed by atoms with Gasteiger partial charge in [0, 0.05) is 20.8 Å². The summed E-state index contributed by atoms with van der Waals surface area (Å²) in [7, 11) is -5.16. The second-order valence-electron chi connectivity index (χ2n) is 19.2. The molecule has 444 valence electrons. The van der Waals surface area contributed by atoms with E-state index in [1.807, 2.05) is 0 Å². The number of aliphatic hydroxyl groups is 9. The van der Waals surface area contributed by atoms with Gasteiger partial charge in [0.15, 0.2) is 25.2 Å². The number of carbonyl (C=O) groups is 4. The van der Waals surface area contributed by atoms with Crippen molar-refractivity contribution in [1.82, 2.24) is 21.3 Å². The number of carbonyl (C=O) groups excluding carboxylic acids is 4. The van der Waals surface area contributed by atoms with Crippen molar-refractivity contribution in [3.8, 4) is 5.75 Å². The quantitative estimate of drug-likeness (QED) is 0.0225. The topological polar surface area (TPSA) is 436 Å². The molecule has 1 aromatic carbocycles. The largest absolute Gasteiger partial charge is 0.493 e. The van der Waals surface area contributed by atoms with Crippen LogP contribution in [-0.2, 0) is 62.1 Å². The summed E-state index contributed by atoms with van der Waals surface area (Å²) >= 11 is 0. The number of nitrogens with one attached hydrogen (secondary N) is 4. The van der Waals surface area contributed by atoms with Crippen molar-refractivity contribution in [3.63, 3.8) is 0 Å². The van der Waals surface area contributed by atoms with Crippen LogP contribution in [0.3, 0.4) is 0 Å². The minimum absolute atomic E-state index is 0.0212. The highest BCUT2D eigenvalue weighted by Gasteiger charge is 2.56. The van der Waals surface area contributed by atoms with Gasteiger partial charge in [0.2, 0.25) is 17.7 Å². The average molecular weight is 1140 g/mol. The summed E-state index contributed by atoms with van der Waals surface area (Å²) in [5.41, 5.74) is 0.0212. The van der Waals surface area contributed by atoms with Crippen LogP contribution in [0.4, 0.5) is 0 Å². The molecule has 30 heteroatoms. The first-order chi connectivity index (χ1) is 37.0. The zero-order valence-electron chi connectivity index (χ0n) is 43.5. The zero-order valence-corrected chi connectivity index (χ0v) is 44.3. The third-order valence-corrected chi connectivity index (χ3v) is 13.7. The second-order valence-corrected chi connectivity index (χ2v) is 20.3. The Morgan fingerprint density at radius 2 is 1.04 bits per heavy atom. The number of rotatable bonds is 27. The summed E-state index contributed by atoms with van der Waals surface area (Å²) in [5, 5.41) is 109. The maximum absolute atomic E-state index is 14.0. The number of benzene rings is 1. The Kier molecular flexibility index (Phi) is 25.4. The minimum atomic E-state index is -5.16. The first kappa shape index (κ1) is 64.7. The summed E-state index contributed by atoms with van der Waals surface area (Å²) in [5.74, 6) is -3.05. The van der Waals surface area contributed by atoms with Crippen molar-refractivity contribution >= 4 is 34.0 Å². The molecule has 20 atom stereocenters. The Morgan fingerprint density at radius 3 is 1.54 bits per heavy atom. The molecular weight excluding hydrogens is 1060 g/mol. The lowest BCUT2D eigenvalue weighted by Gasteiger charge is -2.51. The zero-order chi connectivity index (χ0) is 57.4. The van der Waals surface area contributed by atoms with Crippen LogP contribution in [0.5, 0.6) is 5.75 Å². The van der Waals surface area contributed by atoms with E-state index >= 15 is 0 Å². The summed E-state index contributed by atoms with van der Waals surface area (Å²) < 4.78 is 84.1. The SMILES string of the molecule is CCCCCC/C=C\CCCOc1ccccc1C(=O)NC1[C@H](O[C@@H]2C(CO)O[C@@H](O[C@@H]3C(CO)O[C@@H](O[C@@H]4C(COS(=O)(=O)O)OC(O)C(NC(C)=O)C4O)C(NC(C)=O)[C@H]3O)C(NC(C)=O)C2O)OC(CO)[C@@H](O)[C@@H]1O. The number of hydrogen-bond acceptors (Lipinski definition) is 24. The molecule has 1 aromatic rings. The number of ether oxygens (including phenoxy) is 8. The van der Waals surface area contributed by atoms with Gasteiger partial charge in [0.1, 0.15) is 103 Å².